The van der Waals surface area contributed by atoms with Crippen LogP contribution in [0.5, 0.6) is 5.75 Å². The van der Waals surface area contributed by atoms with Gasteiger partial charge in [0.1, 0.15) is 11.3 Å². The molecular formula is C21H19ClN2O4. The molecule has 3 aromatic rings. The molecule has 0 aliphatic rings. The highest BCUT2D eigenvalue weighted by Crippen LogP contribution is 2.29. The quantitative estimate of drug-likeness (QED) is 0.494. The number of ether oxygens (including phenoxy) is 2. The number of rotatable bonds is 5. The molecule has 0 aromatic heterocycles. The van der Waals surface area contributed by atoms with Crippen LogP contribution in [0.2, 0.25) is 5.02 Å². The molecule has 0 aliphatic carbocycles. The first-order chi connectivity index (χ1) is 13.4. The molecule has 0 fully saturated rings. The first-order valence-electron chi connectivity index (χ1n) is 8.53. The lowest BCUT2D eigenvalue weighted by atomic mass is 10.1. The van der Waals surface area contributed by atoms with Crippen LogP contribution in [-0.2, 0) is 9.53 Å². The van der Waals surface area contributed by atoms with Crippen LogP contribution in [0.25, 0.3) is 10.8 Å². The maximum absolute atomic E-state index is 12.5. The van der Waals surface area contributed by atoms with E-state index in [4.69, 9.17) is 26.8 Å². The fraction of sp³-hybridized carbons (Fsp3) is 0.143. The fourth-order valence-corrected chi connectivity index (χ4v) is 2.91. The third-order valence-corrected chi connectivity index (χ3v) is 4.57. The average Bonchev–Trinajstić information content (AvgIpc) is 2.69. The summed E-state index contributed by atoms with van der Waals surface area (Å²) in [6.07, 6.45) is -1.03. The Morgan fingerprint density at radius 2 is 1.82 bits per heavy atom. The number of anilines is 2. The molecule has 6 nitrogen and oxygen atoms in total. The van der Waals surface area contributed by atoms with Crippen molar-refractivity contribution in [2.45, 2.75) is 13.0 Å². The van der Waals surface area contributed by atoms with E-state index in [9.17, 15) is 9.59 Å². The van der Waals surface area contributed by atoms with Gasteiger partial charge in [-0.25, -0.2) is 4.79 Å². The Hall–Kier alpha value is -3.25. The van der Waals surface area contributed by atoms with E-state index in [1.165, 1.54) is 26.2 Å². The second-order valence-corrected chi connectivity index (χ2v) is 6.54. The lowest BCUT2D eigenvalue weighted by Crippen LogP contribution is -2.30. The number of halogens is 1. The Morgan fingerprint density at radius 1 is 1.11 bits per heavy atom. The van der Waals surface area contributed by atoms with Gasteiger partial charge in [-0.15, -0.1) is 0 Å². The number of carbonyl (C=O) groups is 2. The number of methoxy groups -OCH3 is 1. The molecule has 3 aromatic carbocycles. The molecule has 0 saturated carbocycles. The second kappa shape index (κ2) is 8.19. The summed E-state index contributed by atoms with van der Waals surface area (Å²) >= 11 is 5.98. The fourth-order valence-electron chi connectivity index (χ4n) is 2.74. The topological polar surface area (TPSA) is 90.7 Å². The molecule has 0 unspecified atom stereocenters. The Morgan fingerprint density at radius 3 is 2.57 bits per heavy atom. The van der Waals surface area contributed by atoms with Crippen molar-refractivity contribution in [2.24, 2.45) is 0 Å². The highest BCUT2D eigenvalue weighted by atomic mass is 35.5. The standard InChI is InChI=1S/C21H19ClN2O4/c1-12(28-21(26)15-10-16(22)17(23)11-19(15)27-2)20(25)24-18-9-5-7-13-6-3-4-8-14(13)18/h3-12H,23H2,1-2H3,(H,24,25)/t12-/m1/s1. The van der Waals surface area contributed by atoms with Gasteiger partial charge < -0.3 is 20.5 Å². The number of hydrogen-bond donors (Lipinski definition) is 2. The summed E-state index contributed by atoms with van der Waals surface area (Å²) in [4.78, 5) is 25.0. The monoisotopic (exact) mass is 398 g/mol. The minimum absolute atomic E-state index is 0.0894. The van der Waals surface area contributed by atoms with Crippen LogP contribution < -0.4 is 15.8 Å². The highest BCUT2D eigenvalue weighted by molar-refractivity contribution is 6.33. The van der Waals surface area contributed by atoms with E-state index in [0.29, 0.717) is 5.69 Å². The smallest absolute Gasteiger partial charge is 0.342 e. The Bertz CT molecular complexity index is 1050. The van der Waals surface area contributed by atoms with E-state index >= 15 is 0 Å². The van der Waals surface area contributed by atoms with Crippen LogP contribution in [0.1, 0.15) is 17.3 Å². The summed E-state index contributed by atoms with van der Waals surface area (Å²) < 4.78 is 10.4. The molecule has 0 saturated heterocycles. The summed E-state index contributed by atoms with van der Waals surface area (Å²) in [5.74, 6) is -0.974. The van der Waals surface area contributed by atoms with E-state index in [2.05, 4.69) is 5.32 Å². The van der Waals surface area contributed by atoms with Crippen LogP contribution >= 0.6 is 11.6 Å². The lowest BCUT2D eigenvalue weighted by molar-refractivity contribution is -0.123. The van der Waals surface area contributed by atoms with E-state index in [1.807, 2.05) is 36.4 Å². The van der Waals surface area contributed by atoms with Crippen molar-refractivity contribution in [2.75, 3.05) is 18.2 Å². The minimum atomic E-state index is -1.03. The lowest BCUT2D eigenvalue weighted by Gasteiger charge is -2.16. The van der Waals surface area contributed by atoms with Crippen molar-refractivity contribution in [3.63, 3.8) is 0 Å². The van der Waals surface area contributed by atoms with Crippen LogP contribution in [0, 0.1) is 0 Å². The molecule has 0 aliphatic heterocycles. The number of fused-ring (bicyclic) bond motifs is 1. The van der Waals surface area contributed by atoms with Gasteiger partial charge in [0.05, 0.1) is 17.8 Å². The van der Waals surface area contributed by atoms with Crippen LogP contribution in [0.15, 0.2) is 54.6 Å². The van der Waals surface area contributed by atoms with Gasteiger partial charge in [0.25, 0.3) is 5.91 Å². The van der Waals surface area contributed by atoms with Crippen LogP contribution in [0.4, 0.5) is 11.4 Å². The van der Waals surface area contributed by atoms with Gasteiger partial charge in [-0.3, -0.25) is 4.79 Å². The summed E-state index contributed by atoms with van der Waals surface area (Å²) in [7, 11) is 1.40. The van der Waals surface area contributed by atoms with Crippen molar-refractivity contribution in [3.05, 3.63) is 65.2 Å². The zero-order chi connectivity index (χ0) is 20.3. The molecule has 7 heteroatoms. The average molecular weight is 399 g/mol. The molecule has 144 valence electrons. The molecule has 3 rings (SSSR count). The van der Waals surface area contributed by atoms with Gasteiger partial charge in [-0.2, -0.15) is 0 Å². The Balaban J connectivity index is 1.76. The zero-order valence-electron chi connectivity index (χ0n) is 15.4. The number of nitrogens with one attached hydrogen (secondary N) is 1. The molecule has 0 bridgehead atoms. The first-order valence-corrected chi connectivity index (χ1v) is 8.91. The number of hydrogen-bond acceptors (Lipinski definition) is 5. The number of nitrogens with two attached hydrogens (primary N) is 1. The van der Waals surface area contributed by atoms with Crippen molar-refractivity contribution < 1.29 is 19.1 Å². The second-order valence-electron chi connectivity index (χ2n) is 6.14. The van der Waals surface area contributed by atoms with Gasteiger partial charge in [-0.05, 0) is 24.4 Å². The largest absolute Gasteiger partial charge is 0.496 e. The molecule has 1 atom stereocenters. The molecule has 0 radical (unpaired) electrons. The van der Waals surface area contributed by atoms with Crippen molar-refractivity contribution in [1.29, 1.82) is 0 Å². The first kappa shape index (κ1) is 19.5. The van der Waals surface area contributed by atoms with Gasteiger partial charge in [0.15, 0.2) is 6.10 Å². The summed E-state index contributed by atoms with van der Waals surface area (Å²) in [6.45, 7) is 1.49. The van der Waals surface area contributed by atoms with Gasteiger partial charge in [-0.1, -0.05) is 48.0 Å². The predicted molar refractivity (Wildman–Crippen MR) is 110 cm³/mol. The van der Waals surface area contributed by atoms with E-state index in [0.717, 1.165) is 10.8 Å². The van der Waals surface area contributed by atoms with Gasteiger partial charge in [0.2, 0.25) is 0 Å². The van der Waals surface area contributed by atoms with Crippen LogP contribution in [-0.4, -0.2) is 25.1 Å². The normalized spacial score (nSPS) is 11.7. The zero-order valence-corrected chi connectivity index (χ0v) is 16.1. The number of nitrogen functional groups attached to an aromatic ring is 1. The molecule has 28 heavy (non-hydrogen) atoms. The number of esters is 1. The van der Waals surface area contributed by atoms with E-state index < -0.39 is 18.0 Å². The number of carbonyl (C=O) groups excluding carboxylic acids is 2. The number of benzene rings is 3. The number of amides is 1. The van der Waals surface area contributed by atoms with Crippen molar-refractivity contribution in [1.82, 2.24) is 0 Å². The van der Waals surface area contributed by atoms with Crippen molar-refractivity contribution in [3.8, 4) is 5.75 Å². The third kappa shape index (κ3) is 4.02. The third-order valence-electron chi connectivity index (χ3n) is 4.24. The SMILES string of the molecule is COc1cc(N)c(Cl)cc1C(=O)O[C@H](C)C(=O)Nc1cccc2ccccc12. The van der Waals surface area contributed by atoms with E-state index in [1.54, 1.807) is 6.07 Å². The summed E-state index contributed by atoms with van der Waals surface area (Å²) in [6, 6.07) is 16.0. The molecular weight excluding hydrogens is 380 g/mol. The van der Waals surface area contributed by atoms with Crippen molar-refractivity contribution >= 4 is 45.6 Å². The van der Waals surface area contributed by atoms with Crippen LogP contribution in [0.3, 0.4) is 0 Å². The summed E-state index contributed by atoms with van der Waals surface area (Å²) in [5, 5.41) is 4.88. The summed E-state index contributed by atoms with van der Waals surface area (Å²) in [5.41, 5.74) is 6.72. The van der Waals surface area contributed by atoms with Gasteiger partial charge >= 0.3 is 5.97 Å². The maximum atomic E-state index is 12.5. The predicted octanol–water partition coefficient (Wildman–Crippen LogP) is 4.27. The Kier molecular flexibility index (Phi) is 5.70. The highest BCUT2D eigenvalue weighted by Gasteiger charge is 2.23. The molecule has 1 amide bonds. The van der Waals surface area contributed by atoms with E-state index in [-0.39, 0.29) is 22.0 Å². The minimum Gasteiger partial charge on any atom is -0.496 e. The Labute approximate surface area is 167 Å². The van der Waals surface area contributed by atoms with Gasteiger partial charge in [0, 0.05) is 17.1 Å². The molecule has 3 N–H and O–H groups in total. The molecule has 0 heterocycles. The maximum Gasteiger partial charge on any atom is 0.342 e. The molecule has 0 spiro atoms.